The molecule has 3 N–H and O–H groups in total. The molecule has 0 unspecified atom stereocenters. The summed E-state index contributed by atoms with van der Waals surface area (Å²) in [5.41, 5.74) is 0.685. The monoisotopic (exact) mass is 660 g/mol. The lowest BCUT2D eigenvalue weighted by atomic mass is 10.2. The predicted octanol–water partition coefficient (Wildman–Crippen LogP) is 4.49. The van der Waals surface area contributed by atoms with Crippen LogP contribution in [0, 0.1) is 7.14 Å². The maximum Gasteiger partial charge on any atom is 0.337 e. The number of rotatable bonds is 4. The van der Waals surface area contributed by atoms with Gasteiger partial charge in [-0.2, -0.15) is 0 Å². The number of carboxylic acids is 1. The number of nitrogens with one attached hydrogen (secondary N) is 2. The Bertz CT molecular complexity index is 908. The molecule has 1 amide bonds. The predicted molar refractivity (Wildman–Crippen MR) is 123 cm³/mol. The Labute approximate surface area is 190 Å². The van der Waals surface area contributed by atoms with Crippen LogP contribution in [0.15, 0.2) is 34.8 Å². The number of methoxy groups -OCH3 is 1. The van der Waals surface area contributed by atoms with E-state index in [1.807, 2.05) is 45.2 Å². The van der Waals surface area contributed by atoms with E-state index in [1.54, 1.807) is 24.3 Å². The average Bonchev–Trinajstić information content (AvgIpc) is 2.56. The molecule has 0 spiro atoms. The minimum Gasteiger partial charge on any atom is -0.496 e. The molecule has 6 nitrogen and oxygen atoms in total. The fraction of sp³-hybridized carbons (Fsp3) is 0.0625. The number of hydrogen-bond donors (Lipinski definition) is 3. The molecule has 2 aromatic rings. The van der Waals surface area contributed by atoms with Gasteiger partial charge in [0.05, 0.1) is 23.9 Å². The fourth-order valence-electron chi connectivity index (χ4n) is 2.04. The molecule has 2 rings (SSSR count). The Kier molecular flexibility index (Phi) is 7.61. The Morgan fingerprint density at radius 3 is 2.50 bits per heavy atom. The van der Waals surface area contributed by atoms with Gasteiger partial charge >= 0.3 is 5.97 Å². The lowest BCUT2D eigenvalue weighted by Gasteiger charge is -2.15. The van der Waals surface area contributed by atoms with Crippen molar-refractivity contribution in [2.75, 3.05) is 12.4 Å². The smallest absolute Gasteiger partial charge is 0.337 e. The maximum absolute atomic E-state index is 12.5. The SMILES string of the molecule is COc1ccc(Br)cc1C(=O)NC(=S)Nc1c(I)cc(I)cc1C(=O)O. The Morgan fingerprint density at radius 1 is 1.19 bits per heavy atom. The topological polar surface area (TPSA) is 87.7 Å². The molecule has 0 saturated heterocycles. The second kappa shape index (κ2) is 9.28. The van der Waals surface area contributed by atoms with Crippen molar-refractivity contribution >= 4 is 96.0 Å². The quantitative estimate of drug-likeness (QED) is 0.331. The summed E-state index contributed by atoms with van der Waals surface area (Å²) in [5.74, 6) is -1.17. The molecule has 0 aliphatic rings. The number of amides is 1. The number of carbonyl (C=O) groups excluding carboxylic acids is 1. The van der Waals surface area contributed by atoms with Gasteiger partial charge in [0.25, 0.3) is 5.91 Å². The highest BCUT2D eigenvalue weighted by molar-refractivity contribution is 14.1. The van der Waals surface area contributed by atoms with Gasteiger partial charge in [-0.25, -0.2) is 4.79 Å². The molecule has 2 aromatic carbocycles. The fourth-order valence-corrected chi connectivity index (χ4v) is 4.58. The molecular weight excluding hydrogens is 650 g/mol. The average molecular weight is 661 g/mol. The summed E-state index contributed by atoms with van der Waals surface area (Å²) in [5, 5.41) is 14.7. The molecule has 0 aliphatic carbocycles. The van der Waals surface area contributed by atoms with Gasteiger partial charge < -0.3 is 15.2 Å². The van der Waals surface area contributed by atoms with E-state index in [0.29, 0.717) is 25.0 Å². The van der Waals surface area contributed by atoms with E-state index in [2.05, 4.69) is 26.6 Å². The van der Waals surface area contributed by atoms with Gasteiger partial charge in [-0.3, -0.25) is 10.1 Å². The zero-order valence-corrected chi connectivity index (χ0v) is 19.8. The zero-order chi connectivity index (χ0) is 19.4. The van der Waals surface area contributed by atoms with E-state index >= 15 is 0 Å². The minimum absolute atomic E-state index is 0.0151. The van der Waals surface area contributed by atoms with Crippen molar-refractivity contribution in [3.63, 3.8) is 0 Å². The maximum atomic E-state index is 12.5. The van der Waals surface area contributed by atoms with Crippen LogP contribution in [-0.2, 0) is 0 Å². The third-order valence-corrected chi connectivity index (χ3v) is 5.33. The summed E-state index contributed by atoms with van der Waals surface area (Å²) in [7, 11) is 1.46. The van der Waals surface area contributed by atoms with Gasteiger partial charge in [-0.15, -0.1) is 0 Å². The molecule has 0 atom stereocenters. The van der Waals surface area contributed by atoms with E-state index in [-0.39, 0.29) is 10.7 Å². The third-order valence-electron chi connectivity index (χ3n) is 3.16. The summed E-state index contributed by atoms with van der Waals surface area (Å²) in [6.07, 6.45) is 0. The first kappa shape index (κ1) is 21.3. The van der Waals surface area contributed by atoms with Gasteiger partial charge in [-0.05, 0) is 87.7 Å². The summed E-state index contributed by atoms with van der Waals surface area (Å²) in [4.78, 5) is 23.9. The van der Waals surface area contributed by atoms with Crippen LogP contribution >= 0.6 is 73.3 Å². The van der Waals surface area contributed by atoms with Gasteiger partial charge in [0.15, 0.2) is 5.11 Å². The number of ether oxygens (including phenoxy) is 1. The standard InChI is InChI=1S/C16H11BrI2N2O4S/c1-25-12-3-2-7(17)4-9(12)14(22)21-16(26)20-13-10(15(23)24)5-8(18)6-11(13)19/h2-6H,1H3,(H,23,24)(H2,20,21,22,26). The lowest BCUT2D eigenvalue weighted by molar-refractivity contribution is 0.0697. The Hall–Kier alpha value is -0.990. The van der Waals surface area contributed by atoms with Gasteiger partial charge in [0, 0.05) is 11.6 Å². The summed E-state index contributed by atoms with van der Waals surface area (Å²) < 4.78 is 7.34. The summed E-state index contributed by atoms with van der Waals surface area (Å²) in [6.45, 7) is 0. The normalized spacial score (nSPS) is 10.2. The molecular formula is C16H11BrI2N2O4S. The van der Waals surface area contributed by atoms with Crippen LogP contribution in [0.5, 0.6) is 5.75 Å². The first-order chi connectivity index (χ1) is 12.2. The first-order valence-corrected chi connectivity index (χ1v) is 10.3. The van der Waals surface area contributed by atoms with Crippen molar-refractivity contribution in [2.45, 2.75) is 0 Å². The molecule has 10 heteroatoms. The number of hydrogen-bond acceptors (Lipinski definition) is 4. The third kappa shape index (κ3) is 5.27. The molecule has 0 aromatic heterocycles. The molecule has 26 heavy (non-hydrogen) atoms. The lowest BCUT2D eigenvalue weighted by Crippen LogP contribution is -2.35. The zero-order valence-electron chi connectivity index (χ0n) is 13.1. The second-order valence-electron chi connectivity index (χ2n) is 4.87. The minimum atomic E-state index is -1.09. The first-order valence-electron chi connectivity index (χ1n) is 6.91. The van der Waals surface area contributed by atoms with Gasteiger partial charge in [0.2, 0.25) is 0 Å². The van der Waals surface area contributed by atoms with Crippen molar-refractivity contribution in [3.8, 4) is 5.75 Å². The molecule has 0 heterocycles. The van der Waals surface area contributed by atoms with Crippen LogP contribution in [-0.4, -0.2) is 29.2 Å². The number of aromatic carboxylic acids is 1. The van der Waals surface area contributed by atoms with Crippen LogP contribution in [0.25, 0.3) is 0 Å². The highest BCUT2D eigenvalue weighted by Crippen LogP contribution is 2.27. The van der Waals surface area contributed by atoms with Crippen molar-refractivity contribution < 1.29 is 19.4 Å². The van der Waals surface area contributed by atoms with E-state index in [0.717, 1.165) is 3.57 Å². The van der Waals surface area contributed by atoms with Gasteiger partial charge in [-0.1, -0.05) is 15.9 Å². The summed E-state index contributed by atoms with van der Waals surface area (Å²) in [6, 6.07) is 8.33. The highest BCUT2D eigenvalue weighted by atomic mass is 127. The number of benzene rings is 2. The number of halogens is 3. The number of thiocarbonyl (C=S) groups is 1. The van der Waals surface area contributed by atoms with Crippen LogP contribution < -0.4 is 15.4 Å². The molecule has 0 aliphatic heterocycles. The van der Waals surface area contributed by atoms with Crippen LogP contribution in [0.1, 0.15) is 20.7 Å². The highest BCUT2D eigenvalue weighted by Gasteiger charge is 2.18. The van der Waals surface area contributed by atoms with E-state index < -0.39 is 11.9 Å². The van der Waals surface area contributed by atoms with Crippen molar-refractivity contribution in [3.05, 3.63) is 53.1 Å². The Balaban J connectivity index is 2.24. The molecule has 136 valence electrons. The summed E-state index contributed by atoms with van der Waals surface area (Å²) >= 11 is 12.5. The van der Waals surface area contributed by atoms with Crippen molar-refractivity contribution in [1.29, 1.82) is 0 Å². The number of carbonyl (C=O) groups is 2. The van der Waals surface area contributed by atoms with Crippen LogP contribution in [0.3, 0.4) is 0 Å². The van der Waals surface area contributed by atoms with Crippen LogP contribution in [0.4, 0.5) is 5.69 Å². The van der Waals surface area contributed by atoms with Crippen LogP contribution in [0.2, 0.25) is 0 Å². The van der Waals surface area contributed by atoms with Crippen molar-refractivity contribution in [1.82, 2.24) is 5.32 Å². The van der Waals surface area contributed by atoms with E-state index in [1.165, 1.54) is 13.2 Å². The number of carboxylic acid groups (broad SMARTS) is 1. The van der Waals surface area contributed by atoms with Crippen molar-refractivity contribution in [2.24, 2.45) is 0 Å². The largest absolute Gasteiger partial charge is 0.496 e. The molecule has 0 bridgehead atoms. The molecule has 0 saturated carbocycles. The second-order valence-corrected chi connectivity index (χ2v) is 8.60. The van der Waals surface area contributed by atoms with Gasteiger partial charge in [0.1, 0.15) is 5.75 Å². The van der Waals surface area contributed by atoms with E-state index in [9.17, 15) is 14.7 Å². The Morgan fingerprint density at radius 2 is 1.88 bits per heavy atom. The number of anilines is 1. The molecule has 0 radical (unpaired) electrons. The molecule has 0 fully saturated rings. The van der Waals surface area contributed by atoms with E-state index in [4.69, 9.17) is 17.0 Å².